The first-order chi connectivity index (χ1) is 12.5. The lowest BCUT2D eigenvalue weighted by Gasteiger charge is -2.22. The maximum Gasteiger partial charge on any atom is 0.254 e. The number of amides is 2. The Kier molecular flexibility index (Phi) is 7.90. The number of nitrogens with one attached hydrogen (secondary N) is 1. The summed E-state index contributed by atoms with van der Waals surface area (Å²) in [6.45, 7) is 3.16. The maximum absolute atomic E-state index is 12.8. The minimum atomic E-state index is -0.392. The van der Waals surface area contributed by atoms with Gasteiger partial charge in [-0.2, -0.15) is 0 Å². The molecule has 0 aliphatic carbocycles. The number of rotatable bonds is 9. The third-order valence-corrected chi connectivity index (χ3v) is 3.79. The predicted octanol–water partition coefficient (Wildman–Crippen LogP) is 3.49. The van der Waals surface area contributed by atoms with Crippen LogP contribution in [0.15, 0.2) is 35.1 Å². The Morgan fingerprint density at radius 1 is 1.27 bits per heavy atom. The van der Waals surface area contributed by atoms with E-state index in [1.165, 1.54) is 35.4 Å². The van der Waals surface area contributed by atoms with Crippen LogP contribution in [0.4, 0.5) is 5.82 Å². The van der Waals surface area contributed by atoms with E-state index in [-0.39, 0.29) is 18.3 Å². The SMILES string of the molecule is CCOCCCN(CC(=O)Nc1ccon1)C(=O)c1cc(Cl)cc(Cl)c1. The first-order valence-corrected chi connectivity index (χ1v) is 8.78. The van der Waals surface area contributed by atoms with Crippen LogP contribution in [-0.4, -0.2) is 48.2 Å². The molecule has 0 saturated carbocycles. The second-order valence-electron chi connectivity index (χ2n) is 5.37. The molecule has 1 N–H and O–H groups in total. The number of halogens is 2. The van der Waals surface area contributed by atoms with Crippen LogP contribution in [0.5, 0.6) is 0 Å². The van der Waals surface area contributed by atoms with Crippen LogP contribution in [0.2, 0.25) is 10.0 Å². The molecule has 7 nitrogen and oxygen atoms in total. The van der Waals surface area contributed by atoms with Crippen LogP contribution in [0.3, 0.4) is 0 Å². The van der Waals surface area contributed by atoms with Gasteiger partial charge in [0.15, 0.2) is 5.82 Å². The molecular weight excluding hydrogens is 381 g/mol. The molecule has 1 aromatic heterocycles. The molecule has 0 aliphatic heterocycles. The molecule has 0 radical (unpaired) electrons. The van der Waals surface area contributed by atoms with Gasteiger partial charge in [-0.15, -0.1) is 0 Å². The second-order valence-corrected chi connectivity index (χ2v) is 6.24. The van der Waals surface area contributed by atoms with Crippen LogP contribution in [0.1, 0.15) is 23.7 Å². The van der Waals surface area contributed by atoms with Gasteiger partial charge in [-0.05, 0) is 31.5 Å². The molecule has 1 aromatic carbocycles. The summed E-state index contributed by atoms with van der Waals surface area (Å²) in [6.07, 6.45) is 1.93. The van der Waals surface area contributed by atoms with E-state index in [0.29, 0.717) is 41.8 Å². The van der Waals surface area contributed by atoms with Crippen molar-refractivity contribution in [2.75, 3.05) is 31.6 Å². The smallest absolute Gasteiger partial charge is 0.254 e. The quantitative estimate of drug-likeness (QED) is 0.652. The monoisotopic (exact) mass is 399 g/mol. The highest BCUT2D eigenvalue weighted by molar-refractivity contribution is 6.35. The highest BCUT2D eigenvalue weighted by Crippen LogP contribution is 2.20. The second kappa shape index (κ2) is 10.2. The Morgan fingerprint density at radius 3 is 2.62 bits per heavy atom. The molecule has 0 spiro atoms. The summed E-state index contributed by atoms with van der Waals surface area (Å²) in [5.74, 6) is -0.458. The number of nitrogens with zero attached hydrogens (tertiary/aromatic N) is 2. The average molecular weight is 400 g/mol. The minimum Gasteiger partial charge on any atom is -0.382 e. The molecule has 0 aliphatic rings. The van der Waals surface area contributed by atoms with Crippen molar-refractivity contribution < 1.29 is 18.8 Å². The zero-order valence-corrected chi connectivity index (χ0v) is 15.7. The van der Waals surface area contributed by atoms with E-state index in [0.717, 1.165) is 0 Å². The van der Waals surface area contributed by atoms with E-state index in [9.17, 15) is 9.59 Å². The minimum absolute atomic E-state index is 0.151. The van der Waals surface area contributed by atoms with E-state index in [2.05, 4.69) is 15.0 Å². The van der Waals surface area contributed by atoms with Crippen molar-refractivity contribution in [3.05, 3.63) is 46.1 Å². The van der Waals surface area contributed by atoms with E-state index in [1.807, 2.05) is 6.92 Å². The first kappa shape index (κ1) is 20.2. The number of carbonyl (C=O) groups is 2. The summed E-state index contributed by atoms with van der Waals surface area (Å²) < 4.78 is 9.96. The fourth-order valence-corrected chi connectivity index (χ4v) is 2.77. The van der Waals surface area contributed by atoms with E-state index in [1.54, 1.807) is 0 Å². The molecular formula is C17H19Cl2N3O4. The third kappa shape index (κ3) is 6.33. The van der Waals surface area contributed by atoms with Gasteiger partial charge in [0.1, 0.15) is 12.8 Å². The van der Waals surface area contributed by atoms with Crippen LogP contribution >= 0.6 is 23.2 Å². The highest BCUT2D eigenvalue weighted by Gasteiger charge is 2.20. The molecule has 26 heavy (non-hydrogen) atoms. The van der Waals surface area contributed by atoms with E-state index in [4.69, 9.17) is 27.9 Å². The Morgan fingerprint density at radius 2 is 2.00 bits per heavy atom. The number of anilines is 1. The van der Waals surface area contributed by atoms with Gasteiger partial charge in [0.2, 0.25) is 5.91 Å². The zero-order chi connectivity index (χ0) is 18.9. The molecule has 9 heteroatoms. The number of carbonyl (C=O) groups excluding carboxylic acids is 2. The Hall–Kier alpha value is -2.09. The summed E-state index contributed by atoms with van der Waals surface area (Å²) in [5.41, 5.74) is 0.313. The zero-order valence-electron chi connectivity index (χ0n) is 14.2. The van der Waals surface area contributed by atoms with Crippen molar-refractivity contribution in [1.29, 1.82) is 0 Å². The van der Waals surface area contributed by atoms with E-state index >= 15 is 0 Å². The number of ether oxygens (including phenoxy) is 1. The standard InChI is InChI=1S/C17H19Cl2N3O4/c1-2-25-6-3-5-22(11-16(23)20-15-4-7-26-21-15)17(24)12-8-13(18)10-14(19)9-12/h4,7-10H,2-3,5-6,11H2,1H3,(H,20,21,23). The number of aromatic nitrogens is 1. The van der Waals surface area contributed by atoms with Crippen molar-refractivity contribution >= 4 is 40.8 Å². The average Bonchev–Trinajstić information content (AvgIpc) is 3.09. The van der Waals surface area contributed by atoms with Crippen molar-refractivity contribution in [1.82, 2.24) is 10.1 Å². The Bertz CT molecular complexity index is 717. The molecule has 0 fully saturated rings. The van der Waals surface area contributed by atoms with Crippen LogP contribution in [0, 0.1) is 0 Å². The molecule has 0 saturated heterocycles. The first-order valence-electron chi connectivity index (χ1n) is 8.03. The molecule has 0 atom stereocenters. The lowest BCUT2D eigenvalue weighted by molar-refractivity contribution is -0.117. The van der Waals surface area contributed by atoms with Crippen molar-refractivity contribution in [3.63, 3.8) is 0 Å². The normalized spacial score (nSPS) is 10.6. The molecule has 2 aromatic rings. The van der Waals surface area contributed by atoms with E-state index < -0.39 is 5.91 Å². The summed E-state index contributed by atoms with van der Waals surface area (Å²) >= 11 is 11.9. The van der Waals surface area contributed by atoms with Gasteiger partial charge >= 0.3 is 0 Å². The number of benzene rings is 1. The molecule has 140 valence electrons. The topological polar surface area (TPSA) is 84.7 Å². The van der Waals surface area contributed by atoms with Crippen molar-refractivity contribution in [2.24, 2.45) is 0 Å². The lowest BCUT2D eigenvalue weighted by Crippen LogP contribution is -2.39. The molecule has 2 amide bonds. The Balaban J connectivity index is 2.08. The van der Waals surface area contributed by atoms with Gasteiger partial charge in [-0.25, -0.2) is 0 Å². The fraction of sp³-hybridized carbons (Fsp3) is 0.353. The molecule has 0 unspecified atom stereocenters. The maximum atomic E-state index is 12.8. The van der Waals surface area contributed by atoms with Gasteiger partial charge in [-0.3, -0.25) is 9.59 Å². The predicted molar refractivity (Wildman–Crippen MR) is 98.6 cm³/mol. The van der Waals surface area contributed by atoms with Gasteiger partial charge in [0.05, 0.1) is 0 Å². The number of hydrogen-bond acceptors (Lipinski definition) is 5. The van der Waals surface area contributed by atoms with Crippen molar-refractivity contribution in [2.45, 2.75) is 13.3 Å². The summed E-state index contributed by atoms with van der Waals surface area (Å²) in [7, 11) is 0. The van der Waals surface area contributed by atoms with Crippen molar-refractivity contribution in [3.8, 4) is 0 Å². The van der Waals surface area contributed by atoms with Gasteiger partial charge < -0.3 is 19.5 Å². The Labute approximate surface area is 161 Å². The summed E-state index contributed by atoms with van der Waals surface area (Å²) in [4.78, 5) is 26.4. The van der Waals surface area contributed by atoms with Gasteiger partial charge in [0.25, 0.3) is 5.91 Å². The van der Waals surface area contributed by atoms with Gasteiger partial charge in [-0.1, -0.05) is 28.4 Å². The lowest BCUT2D eigenvalue weighted by atomic mass is 10.2. The fourth-order valence-electron chi connectivity index (χ4n) is 2.25. The highest BCUT2D eigenvalue weighted by atomic mass is 35.5. The molecule has 2 rings (SSSR count). The van der Waals surface area contributed by atoms with Crippen LogP contribution < -0.4 is 5.32 Å². The largest absolute Gasteiger partial charge is 0.382 e. The molecule has 0 bridgehead atoms. The summed E-state index contributed by atoms with van der Waals surface area (Å²) in [6, 6.07) is 6.08. The number of hydrogen-bond donors (Lipinski definition) is 1. The van der Waals surface area contributed by atoms with Gasteiger partial charge in [0, 0.05) is 41.4 Å². The molecule has 1 heterocycles. The third-order valence-electron chi connectivity index (χ3n) is 3.36. The van der Waals surface area contributed by atoms with Crippen LogP contribution in [0.25, 0.3) is 0 Å². The van der Waals surface area contributed by atoms with Crippen LogP contribution in [-0.2, 0) is 9.53 Å². The summed E-state index contributed by atoms with van der Waals surface area (Å²) in [5, 5.41) is 6.87.